The molecule has 2 aliphatic rings. The van der Waals surface area contributed by atoms with Gasteiger partial charge in [0.1, 0.15) is 5.60 Å². The molecule has 2 saturated heterocycles. The van der Waals surface area contributed by atoms with Crippen molar-refractivity contribution in [3.05, 3.63) is 0 Å². The van der Waals surface area contributed by atoms with Crippen molar-refractivity contribution >= 4 is 0 Å². The summed E-state index contributed by atoms with van der Waals surface area (Å²) in [5.74, 6) is 0. The van der Waals surface area contributed by atoms with Crippen molar-refractivity contribution in [1.29, 1.82) is 5.26 Å². The predicted octanol–water partition coefficient (Wildman–Crippen LogP) is 0.458. The van der Waals surface area contributed by atoms with E-state index in [4.69, 9.17) is 14.7 Å². The minimum absolute atomic E-state index is 0.187. The molecule has 0 aliphatic carbocycles. The molecule has 3 nitrogen and oxygen atoms in total. The van der Waals surface area contributed by atoms with Crippen LogP contribution in [0.1, 0.15) is 12.8 Å². The molecule has 2 fully saturated rings. The van der Waals surface area contributed by atoms with Gasteiger partial charge < -0.3 is 9.47 Å². The number of rotatable bonds is 0. The molecule has 3 heteroatoms. The summed E-state index contributed by atoms with van der Waals surface area (Å²) >= 11 is 0. The lowest BCUT2D eigenvalue weighted by Crippen LogP contribution is -2.27. The highest BCUT2D eigenvalue weighted by molar-refractivity contribution is 5.14. The highest BCUT2D eigenvalue weighted by atomic mass is 16.6. The van der Waals surface area contributed by atoms with Crippen LogP contribution in [0.4, 0.5) is 0 Å². The molecule has 2 heterocycles. The Balaban J connectivity index is 1.99. The van der Waals surface area contributed by atoms with E-state index in [1.807, 2.05) is 0 Å². The van der Waals surface area contributed by atoms with Crippen LogP contribution >= 0.6 is 0 Å². The first-order chi connectivity index (χ1) is 4.87. The minimum Gasteiger partial charge on any atom is -0.378 e. The van der Waals surface area contributed by atoms with Gasteiger partial charge in [0, 0.05) is 6.61 Å². The van der Waals surface area contributed by atoms with Crippen molar-refractivity contribution in [2.45, 2.75) is 24.5 Å². The van der Waals surface area contributed by atoms with E-state index in [0.717, 1.165) is 19.4 Å². The van der Waals surface area contributed by atoms with Gasteiger partial charge in [-0.15, -0.1) is 0 Å². The molecule has 0 aromatic carbocycles. The van der Waals surface area contributed by atoms with Gasteiger partial charge in [0.05, 0.1) is 12.7 Å². The van der Waals surface area contributed by atoms with Gasteiger partial charge in [-0.3, -0.25) is 0 Å². The Bertz CT molecular complexity index is 179. The Morgan fingerprint density at radius 3 is 3.00 bits per heavy atom. The molecule has 0 saturated carbocycles. The highest BCUT2D eigenvalue weighted by Crippen LogP contribution is 2.42. The zero-order chi connectivity index (χ0) is 7.03. The van der Waals surface area contributed by atoms with Crippen molar-refractivity contribution in [3.63, 3.8) is 0 Å². The average molecular weight is 139 g/mol. The van der Waals surface area contributed by atoms with Crippen LogP contribution in [0.2, 0.25) is 0 Å². The summed E-state index contributed by atoms with van der Waals surface area (Å²) < 4.78 is 10.4. The van der Waals surface area contributed by atoms with Gasteiger partial charge >= 0.3 is 0 Å². The Labute approximate surface area is 59.5 Å². The second-order valence-corrected chi connectivity index (χ2v) is 2.85. The Hall–Kier alpha value is -0.590. The van der Waals surface area contributed by atoms with Crippen molar-refractivity contribution in [3.8, 4) is 6.07 Å². The summed E-state index contributed by atoms with van der Waals surface area (Å²) in [6.07, 6.45) is 1.83. The SMILES string of the molecule is N#CC1OC12CCCOC2. The van der Waals surface area contributed by atoms with E-state index in [9.17, 15) is 0 Å². The zero-order valence-corrected chi connectivity index (χ0v) is 5.67. The van der Waals surface area contributed by atoms with E-state index >= 15 is 0 Å². The normalized spacial score (nSPS) is 44.9. The number of hydrogen-bond acceptors (Lipinski definition) is 3. The molecule has 0 aromatic heterocycles. The third-order valence-electron chi connectivity index (χ3n) is 2.13. The monoisotopic (exact) mass is 139 g/mol. The van der Waals surface area contributed by atoms with Crippen LogP contribution in [0.15, 0.2) is 0 Å². The molecule has 0 radical (unpaired) electrons. The Kier molecular flexibility index (Phi) is 1.19. The topological polar surface area (TPSA) is 45.5 Å². The van der Waals surface area contributed by atoms with Crippen LogP contribution in [-0.4, -0.2) is 24.9 Å². The van der Waals surface area contributed by atoms with Crippen LogP contribution in [0.25, 0.3) is 0 Å². The van der Waals surface area contributed by atoms with Crippen molar-refractivity contribution in [2.75, 3.05) is 13.2 Å². The van der Waals surface area contributed by atoms with E-state index in [0.29, 0.717) is 6.61 Å². The van der Waals surface area contributed by atoms with Crippen LogP contribution in [0.3, 0.4) is 0 Å². The summed E-state index contributed by atoms with van der Waals surface area (Å²) in [5.41, 5.74) is -0.188. The second kappa shape index (κ2) is 1.94. The molecule has 1 spiro atoms. The smallest absolute Gasteiger partial charge is 0.176 e. The van der Waals surface area contributed by atoms with Gasteiger partial charge in [-0.05, 0) is 12.8 Å². The molecule has 2 aliphatic heterocycles. The van der Waals surface area contributed by atoms with Crippen molar-refractivity contribution < 1.29 is 9.47 Å². The van der Waals surface area contributed by atoms with Gasteiger partial charge in [-0.1, -0.05) is 0 Å². The number of epoxide rings is 1. The molecule has 0 amide bonds. The summed E-state index contributed by atoms with van der Waals surface area (Å²) in [5, 5.41) is 8.49. The van der Waals surface area contributed by atoms with Gasteiger partial charge in [0.15, 0.2) is 6.10 Å². The van der Waals surface area contributed by atoms with Gasteiger partial charge in [0.2, 0.25) is 0 Å². The molecular formula is C7H9NO2. The summed E-state index contributed by atoms with van der Waals surface area (Å²) in [6, 6.07) is 2.10. The lowest BCUT2D eigenvalue weighted by Gasteiger charge is -2.17. The first-order valence-corrected chi connectivity index (χ1v) is 3.53. The molecule has 0 N–H and O–H groups in total. The standard InChI is InChI=1S/C7H9NO2/c8-4-6-7(10-6)2-1-3-9-5-7/h6H,1-3,5H2. The van der Waals surface area contributed by atoms with E-state index in [2.05, 4.69) is 6.07 Å². The van der Waals surface area contributed by atoms with E-state index in [-0.39, 0.29) is 11.7 Å². The zero-order valence-electron chi connectivity index (χ0n) is 5.67. The minimum atomic E-state index is -0.188. The van der Waals surface area contributed by atoms with Gasteiger partial charge in [-0.25, -0.2) is 0 Å². The molecule has 2 unspecified atom stereocenters. The van der Waals surface area contributed by atoms with E-state index in [1.54, 1.807) is 0 Å². The molecular weight excluding hydrogens is 130 g/mol. The molecule has 2 atom stereocenters. The number of nitriles is 1. The highest BCUT2D eigenvalue weighted by Gasteiger charge is 2.57. The second-order valence-electron chi connectivity index (χ2n) is 2.85. The quantitative estimate of drug-likeness (QED) is 0.458. The fraction of sp³-hybridized carbons (Fsp3) is 0.857. The summed E-state index contributed by atoms with van der Waals surface area (Å²) in [4.78, 5) is 0. The largest absolute Gasteiger partial charge is 0.378 e. The third-order valence-corrected chi connectivity index (χ3v) is 2.13. The van der Waals surface area contributed by atoms with Crippen LogP contribution < -0.4 is 0 Å². The first-order valence-electron chi connectivity index (χ1n) is 3.53. The summed E-state index contributed by atoms with van der Waals surface area (Å²) in [7, 11) is 0. The number of ether oxygens (including phenoxy) is 2. The predicted molar refractivity (Wildman–Crippen MR) is 33.3 cm³/mol. The molecule has 10 heavy (non-hydrogen) atoms. The summed E-state index contributed by atoms with van der Waals surface area (Å²) in [6.45, 7) is 1.44. The van der Waals surface area contributed by atoms with E-state index in [1.165, 1.54) is 0 Å². The molecule has 54 valence electrons. The lowest BCUT2D eigenvalue weighted by atomic mass is 9.99. The number of nitrogens with zero attached hydrogens (tertiary/aromatic N) is 1. The van der Waals surface area contributed by atoms with Crippen LogP contribution in [-0.2, 0) is 9.47 Å². The van der Waals surface area contributed by atoms with Gasteiger partial charge in [0.25, 0.3) is 0 Å². The fourth-order valence-electron chi connectivity index (χ4n) is 1.43. The van der Waals surface area contributed by atoms with Gasteiger partial charge in [-0.2, -0.15) is 5.26 Å². The average Bonchev–Trinajstić information content (AvgIpc) is 2.65. The maximum atomic E-state index is 8.49. The Morgan fingerprint density at radius 2 is 2.50 bits per heavy atom. The maximum Gasteiger partial charge on any atom is 0.176 e. The van der Waals surface area contributed by atoms with Crippen molar-refractivity contribution in [2.24, 2.45) is 0 Å². The van der Waals surface area contributed by atoms with Crippen molar-refractivity contribution in [1.82, 2.24) is 0 Å². The fourth-order valence-corrected chi connectivity index (χ4v) is 1.43. The number of hydrogen-bond donors (Lipinski definition) is 0. The lowest BCUT2D eigenvalue weighted by molar-refractivity contribution is 0.0341. The van der Waals surface area contributed by atoms with Crippen LogP contribution in [0, 0.1) is 11.3 Å². The third kappa shape index (κ3) is 0.731. The van der Waals surface area contributed by atoms with E-state index < -0.39 is 0 Å². The Morgan fingerprint density at radius 1 is 1.60 bits per heavy atom. The molecule has 2 rings (SSSR count). The first kappa shape index (κ1) is 6.14. The molecule has 0 bridgehead atoms. The van der Waals surface area contributed by atoms with Crippen LogP contribution in [0.5, 0.6) is 0 Å². The molecule has 0 aromatic rings. The maximum absolute atomic E-state index is 8.49.